The zero-order chi connectivity index (χ0) is 9.90. The van der Waals surface area contributed by atoms with Crippen molar-refractivity contribution < 1.29 is 8.42 Å². The molecule has 74 valence electrons. The highest BCUT2D eigenvalue weighted by atomic mass is 35.7. The summed E-state index contributed by atoms with van der Waals surface area (Å²) in [6, 6.07) is 0. The van der Waals surface area contributed by atoms with Crippen LogP contribution >= 0.6 is 10.7 Å². The van der Waals surface area contributed by atoms with Gasteiger partial charge < -0.3 is 4.57 Å². The zero-order valence-corrected chi connectivity index (χ0v) is 8.85. The third-order valence-electron chi connectivity index (χ3n) is 1.74. The molecule has 0 spiro atoms. The van der Waals surface area contributed by atoms with E-state index in [0.717, 1.165) is 5.69 Å². The molecule has 1 aromatic heterocycles. The number of aryl methyl sites for hydroxylation is 2. The van der Waals surface area contributed by atoms with E-state index < -0.39 is 9.05 Å². The minimum absolute atomic E-state index is 0.0136. The van der Waals surface area contributed by atoms with Crippen LogP contribution in [0, 0.1) is 0 Å². The first kappa shape index (κ1) is 10.5. The Morgan fingerprint density at radius 2 is 2.31 bits per heavy atom. The minimum atomic E-state index is -3.35. The summed E-state index contributed by atoms with van der Waals surface area (Å²) in [5.41, 5.74) is 1.01. The van der Waals surface area contributed by atoms with E-state index in [-0.39, 0.29) is 5.75 Å². The highest BCUT2D eigenvalue weighted by Crippen LogP contribution is 2.05. The fraction of sp³-hybridized carbons (Fsp3) is 0.571. The van der Waals surface area contributed by atoms with E-state index in [1.807, 2.05) is 11.6 Å². The number of halogens is 1. The first-order valence-corrected chi connectivity index (χ1v) is 6.34. The van der Waals surface area contributed by atoms with Crippen LogP contribution in [0.2, 0.25) is 0 Å². The van der Waals surface area contributed by atoms with Crippen molar-refractivity contribution in [1.29, 1.82) is 0 Å². The monoisotopic (exact) mass is 222 g/mol. The van der Waals surface area contributed by atoms with Crippen molar-refractivity contribution in [2.75, 3.05) is 5.75 Å². The van der Waals surface area contributed by atoms with E-state index in [9.17, 15) is 8.42 Å². The van der Waals surface area contributed by atoms with E-state index in [1.54, 1.807) is 12.5 Å². The lowest BCUT2D eigenvalue weighted by molar-refractivity contribution is 0.606. The van der Waals surface area contributed by atoms with Gasteiger partial charge in [0.15, 0.2) is 0 Å². The molecule has 0 aromatic carbocycles. The van der Waals surface area contributed by atoms with Gasteiger partial charge >= 0.3 is 0 Å². The van der Waals surface area contributed by atoms with Crippen LogP contribution in [0.3, 0.4) is 0 Å². The van der Waals surface area contributed by atoms with Gasteiger partial charge in [0.05, 0.1) is 12.1 Å². The van der Waals surface area contributed by atoms with Gasteiger partial charge in [-0.15, -0.1) is 0 Å². The quantitative estimate of drug-likeness (QED) is 0.712. The molecule has 0 saturated heterocycles. The Morgan fingerprint density at radius 1 is 1.62 bits per heavy atom. The molecule has 0 aliphatic heterocycles. The van der Waals surface area contributed by atoms with Crippen LogP contribution in [0.4, 0.5) is 0 Å². The molecule has 0 fully saturated rings. The molecule has 0 N–H and O–H groups in total. The van der Waals surface area contributed by atoms with Crippen molar-refractivity contribution in [3.8, 4) is 0 Å². The van der Waals surface area contributed by atoms with Crippen molar-refractivity contribution in [3.63, 3.8) is 0 Å². The molecule has 4 nitrogen and oxygen atoms in total. The Labute approximate surface area is 82.0 Å². The molecule has 0 aliphatic carbocycles. The van der Waals surface area contributed by atoms with Gasteiger partial charge in [-0.1, -0.05) is 0 Å². The summed E-state index contributed by atoms with van der Waals surface area (Å²) in [6.07, 6.45) is 4.62. The Bertz CT molecular complexity index is 372. The summed E-state index contributed by atoms with van der Waals surface area (Å²) in [5.74, 6) is 0.0136. The summed E-state index contributed by atoms with van der Waals surface area (Å²) in [6.45, 7) is 0. The molecule has 1 heterocycles. The van der Waals surface area contributed by atoms with Crippen LogP contribution < -0.4 is 0 Å². The molecule has 0 radical (unpaired) electrons. The van der Waals surface area contributed by atoms with Gasteiger partial charge in [-0.2, -0.15) is 0 Å². The summed E-state index contributed by atoms with van der Waals surface area (Å²) >= 11 is 0. The van der Waals surface area contributed by atoms with Crippen LogP contribution in [-0.4, -0.2) is 23.7 Å². The van der Waals surface area contributed by atoms with E-state index in [4.69, 9.17) is 10.7 Å². The molecule has 0 aliphatic rings. The molecule has 6 heteroatoms. The van der Waals surface area contributed by atoms with Crippen LogP contribution in [0.1, 0.15) is 12.1 Å². The second-order valence-electron chi connectivity index (χ2n) is 2.84. The van der Waals surface area contributed by atoms with Crippen molar-refractivity contribution in [2.45, 2.75) is 12.8 Å². The van der Waals surface area contributed by atoms with Gasteiger partial charge in [0.1, 0.15) is 0 Å². The zero-order valence-electron chi connectivity index (χ0n) is 7.27. The van der Waals surface area contributed by atoms with Crippen LogP contribution in [-0.2, 0) is 22.5 Å². The number of hydrogen-bond acceptors (Lipinski definition) is 3. The standard InChI is InChI=1S/C7H11ClN2O2S/c1-10-6-9-5-7(10)3-2-4-13(8,11)12/h5-6H,2-4H2,1H3. The molecular weight excluding hydrogens is 212 g/mol. The van der Waals surface area contributed by atoms with E-state index in [1.165, 1.54) is 0 Å². The fourth-order valence-corrected chi connectivity index (χ4v) is 1.87. The summed E-state index contributed by atoms with van der Waals surface area (Å²) in [5, 5.41) is 0. The van der Waals surface area contributed by atoms with Crippen LogP contribution in [0.5, 0.6) is 0 Å². The Balaban J connectivity index is 2.41. The maximum absolute atomic E-state index is 10.6. The normalized spacial score (nSPS) is 11.8. The molecule has 0 amide bonds. The smallest absolute Gasteiger partial charge is 0.232 e. The third kappa shape index (κ3) is 3.78. The van der Waals surface area contributed by atoms with Crippen LogP contribution in [0.25, 0.3) is 0 Å². The predicted molar refractivity (Wildman–Crippen MR) is 51.2 cm³/mol. The lowest BCUT2D eigenvalue weighted by atomic mass is 10.3. The van der Waals surface area contributed by atoms with Gasteiger partial charge in [-0.25, -0.2) is 13.4 Å². The molecule has 13 heavy (non-hydrogen) atoms. The number of rotatable bonds is 4. The molecular formula is C7H11ClN2O2S. The van der Waals surface area contributed by atoms with Crippen molar-refractivity contribution in [1.82, 2.24) is 9.55 Å². The minimum Gasteiger partial charge on any atom is -0.338 e. The molecule has 0 atom stereocenters. The Kier molecular flexibility index (Phi) is 3.33. The maximum atomic E-state index is 10.6. The van der Waals surface area contributed by atoms with Gasteiger partial charge in [-0.05, 0) is 12.8 Å². The van der Waals surface area contributed by atoms with Crippen molar-refractivity contribution >= 4 is 19.7 Å². The van der Waals surface area contributed by atoms with Gasteiger partial charge in [0, 0.05) is 29.6 Å². The van der Waals surface area contributed by atoms with Gasteiger partial charge in [0.2, 0.25) is 9.05 Å². The maximum Gasteiger partial charge on any atom is 0.232 e. The Hall–Kier alpha value is -0.550. The molecule has 0 saturated carbocycles. The van der Waals surface area contributed by atoms with E-state index >= 15 is 0 Å². The van der Waals surface area contributed by atoms with Gasteiger partial charge in [0.25, 0.3) is 0 Å². The van der Waals surface area contributed by atoms with Gasteiger partial charge in [-0.3, -0.25) is 0 Å². The molecule has 1 rings (SSSR count). The Morgan fingerprint density at radius 3 is 2.77 bits per heavy atom. The van der Waals surface area contributed by atoms with E-state index in [2.05, 4.69) is 4.98 Å². The third-order valence-corrected chi connectivity index (χ3v) is 2.98. The first-order valence-electron chi connectivity index (χ1n) is 3.86. The molecule has 0 bridgehead atoms. The SMILES string of the molecule is Cn1cncc1CCCS(=O)(=O)Cl. The largest absolute Gasteiger partial charge is 0.338 e. The lowest BCUT2D eigenvalue weighted by Crippen LogP contribution is -2.01. The van der Waals surface area contributed by atoms with E-state index in [0.29, 0.717) is 12.8 Å². The number of hydrogen-bond donors (Lipinski definition) is 0. The highest BCUT2D eigenvalue weighted by molar-refractivity contribution is 8.13. The topological polar surface area (TPSA) is 52.0 Å². The molecule has 0 unspecified atom stereocenters. The van der Waals surface area contributed by atoms with Crippen molar-refractivity contribution in [3.05, 3.63) is 18.2 Å². The second kappa shape index (κ2) is 4.11. The number of aromatic nitrogens is 2. The molecule has 1 aromatic rings. The predicted octanol–water partition coefficient (Wildman–Crippen LogP) is 0.921. The average molecular weight is 223 g/mol. The second-order valence-corrected chi connectivity index (χ2v) is 5.74. The summed E-state index contributed by atoms with van der Waals surface area (Å²) in [7, 11) is 3.59. The number of nitrogens with zero attached hydrogens (tertiary/aromatic N) is 2. The lowest BCUT2D eigenvalue weighted by Gasteiger charge is -1.99. The fourth-order valence-electron chi connectivity index (χ4n) is 1.05. The number of imidazole rings is 1. The highest BCUT2D eigenvalue weighted by Gasteiger charge is 2.05. The van der Waals surface area contributed by atoms with Crippen LogP contribution in [0.15, 0.2) is 12.5 Å². The van der Waals surface area contributed by atoms with Crippen molar-refractivity contribution in [2.24, 2.45) is 7.05 Å². The average Bonchev–Trinajstić information content (AvgIpc) is 2.34. The summed E-state index contributed by atoms with van der Waals surface area (Å²) < 4.78 is 23.0. The first-order chi connectivity index (χ1) is 5.99. The summed E-state index contributed by atoms with van der Waals surface area (Å²) in [4.78, 5) is 3.92.